The van der Waals surface area contributed by atoms with Crippen molar-refractivity contribution in [3.63, 3.8) is 0 Å². The summed E-state index contributed by atoms with van der Waals surface area (Å²) in [5.74, 6) is 0. The number of nitrogens with zero attached hydrogens (tertiary/aromatic N) is 6. The van der Waals surface area contributed by atoms with E-state index in [1.807, 2.05) is 179 Å². The molecular weight excluding hydrogens is 1140 g/mol. The third-order valence-electron chi connectivity index (χ3n) is 17.4. The number of halogens is 3. The first kappa shape index (κ1) is 55.1. The molecule has 0 atom stereocenters. The summed E-state index contributed by atoms with van der Waals surface area (Å²) in [5.41, 5.74) is 17.1. The van der Waals surface area contributed by atoms with Crippen LogP contribution in [-0.2, 0) is 6.18 Å². The van der Waals surface area contributed by atoms with Gasteiger partial charge in [-0.05, 0) is 113 Å². The Hall–Kier alpha value is -12.3. The van der Waals surface area contributed by atoms with E-state index in [0.29, 0.717) is 22.6 Å². The first-order chi connectivity index (χ1) is 45.2. The number of alkyl halides is 3. The van der Waals surface area contributed by atoms with Gasteiger partial charge in [0.15, 0.2) is 0 Å². The van der Waals surface area contributed by atoms with E-state index in [1.54, 1.807) is 18.2 Å². The Morgan fingerprint density at radius 1 is 0.272 bits per heavy atom. The number of hydrogen-bond donors (Lipinski definition) is 0. The zero-order chi connectivity index (χ0) is 61.9. The Kier molecular flexibility index (Phi) is 13.6. The first-order valence-electron chi connectivity index (χ1n) is 30.4. The van der Waals surface area contributed by atoms with Gasteiger partial charge in [0.25, 0.3) is 0 Å². The van der Waals surface area contributed by atoms with Crippen LogP contribution in [0.1, 0.15) is 11.1 Å². The van der Waals surface area contributed by atoms with E-state index < -0.39 is 11.7 Å². The van der Waals surface area contributed by atoms with Crippen molar-refractivity contribution >= 4 is 43.6 Å². The molecule has 0 unspecified atom stereocenters. The van der Waals surface area contributed by atoms with E-state index in [2.05, 4.69) is 109 Å². The fourth-order valence-corrected chi connectivity index (χ4v) is 13.0. The summed E-state index contributed by atoms with van der Waals surface area (Å²) in [5, 5.41) is 15.4. The van der Waals surface area contributed by atoms with Gasteiger partial charge in [-0.25, -0.2) is 15.0 Å². The molecule has 6 nitrogen and oxygen atoms in total. The average Bonchev–Trinajstić information content (AvgIpc) is 1.55. The largest absolute Gasteiger partial charge is 0.417 e. The van der Waals surface area contributed by atoms with E-state index in [0.717, 1.165) is 128 Å². The number of hydrogen-bond acceptors (Lipinski definition) is 4. The first-order valence-corrected chi connectivity index (χ1v) is 30.4. The van der Waals surface area contributed by atoms with Crippen LogP contribution in [0.25, 0.3) is 156 Å². The minimum Gasteiger partial charge on any atom is -0.309 e. The maximum Gasteiger partial charge on any atom is 0.417 e. The van der Waals surface area contributed by atoms with Gasteiger partial charge in [-0.1, -0.05) is 224 Å². The molecule has 5 aromatic heterocycles. The molecule has 0 aliphatic rings. The lowest BCUT2D eigenvalue weighted by molar-refractivity contribution is -0.137. The van der Waals surface area contributed by atoms with Crippen molar-refractivity contribution < 1.29 is 13.2 Å². The fourth-order valence-electron chi connectivity index (χ4n) is 13.0. The molecule has 0 fully saturated rings. The van der Waals surface area contributed by atoms with Gasteiger partial charge in [-0.3, -0.25) is 0 Å². The van der Waals surface area contributed by atoms with Crippen LogP contribution >= 0.6 is 0 Å². The molecule has 0 radical (unpaired) electrons. The molecule has 0 saturated carbocycles. The van der Waals surface area contributed by atoms with E-state index in [4.69, 9.17) is 15.0 Å². The predicted octanol–water partition coefficient (Wildman–Crippen LogP) is 22.0. The summed E-state index contributed by atoms with van der Waals surface area (Å²) in [7, 11) is 0. The zero-order valence-electron chi connectivity index (χ0n) is 49.3. The van der Waals surface area contributed by atoms with E-state index in [9.17, 15) is 5.26 Å². The summed E-state index contributed by atoms with van der Waals surface area (Å²) in [6, 6.07) is 103. The van der Waals surface area contributed by atoms with Crippen molar-refractivity contribution in [2.45, 2.75) is 6.18 Å². The van der Waals surface area contributed by atoms with Gasteiger partial charge >= 0.3 is 6.18 Å². The van der Waals surface area contributed by atoms with Gasteiger partial charge in [0.2, 0.25) is 0 Å². The van der Waals surface area contributed by atoms with Crippen molar-refractivity contribution in [2.24, 2.45) is 0 Å². The number of benzene rings is 11. The van der Waals surface area contributed by atoms with Crippen molar-refractivity contribution in [1.29, 1.82) is 5.26 Å². The number of pyridine rings is 3. The Bertz CT molecular complexity index is 5290. The summed E-state index contributed by atoms with van der Waals surface area (Å²) in [4.78, 5) is 15.5. The number of nitriles is 1. The highest BCUT2D eigenvalue weighted by Gasteiger charge is 2.35. The quantitative estimate of drug-likeness (QED) is 0.129. The summed E-state index contributed by atoms with van der Waals surface area (Å²) in [6.45, 7) is 0. The SMILES string of the molecule is N#Cc1cc(-n2c3cc(-c4cccc(-c5ccccc5)c4)ccc3c3ccc(-c4cccc(-c5ccccc5)n4)cc32)c(-c2ccccc2C(F)(F)F)cc1-n1c2cc(-c3cccc(-c4ccccc4)n3)ccc2c2ccc(-c3cccc(-c4ccccc4)n3)cc21. The third-order valence-corrected chi connectivity index (χ3v) is 17.4. The van der Waals surface area contributed by atoms with Crippen LogP contribution < -0.4 is 0 Å². The summed E-state index contributed by atoms with van der Waals surface area (Å²) >= 11 is 0. The zero-order valence-corrected chi connectivity index (χ0v) is 49.3. The second-order valence-corrected chi connectivity index (χ2v) is 22.9. The lowest BCUT2D eigenvalue weighted by Crippen LogP contribution is -2.09. The average molecular weight is 1190 g/mol. The van der Waals surface area contributed by atoms with Crippen molar-refractivity contribution in [1.82, 2.24) is 24.1 Å². The molecule has 0 bridgehead atoms. The Balaban J connectivity index is 0.986. The highest BCUT2D eigenvalue weighted by molar-refractivity contribution is 6.13. The lowest BCUT2D eigenvalue weighted by Gasteiger charge is -2.21. The van der Waals surface area contributed by atoms with Crippen LogP contribution in [0.5, 0.6) is 0 Å². The monoisotopic (exact) mass is 1190 g/mol. The minimum absolute atomic E-state index is 0.0539. The van der Waals surface area contributed by atoms with Crippen LogP contribution in [0.2, 0.25) is 0 Å². The van der Waals surface area contributed by atoms with Crippen LogP contribution in [0.15, 0.2) is 309 Å². The second-order valence-electron chi connectivity index (χ2n) is 22.9. The number of aromatic nitrogens is 5. The van der Waals surface area contributed by atoms with Gasteiger partial charge in [0.1, 0.15) is 6.07 Å². The Morgan fingerprint density at radius 3 is 1.02 bits per heavy atom. The van der Waals surface area contributed by atoms with Gasteiger partial charge in [-0.15, -0.1) is 0 Å². The van der Waals surface area contributed by atoms with Crippen LogP contribution in [0.3, 0.4) is 0 Å². The maximum absolute atomic E-state index is 16.0. The van der Waals surface area contributed by atoms with Gasteiger partial charge < -0.3 is 9.13 Å². The number of fused-ring (bicyclic) bond motifs is 6. The lowest BCUT2D eigenvalue weighted by atomic mass is 9.95. The fraction of sp³-hybridized carbons (Fsp3) is 0.0120. The van der Waals surface area contributed by atoms with E-state index in [-0.39, 0.29) is 16.7 Å². The van der Waals surface area contributed by atoms with Crippen LogP contribution in [-0.4, -0.2) is 24.1 Å². The molecular formula is C83H51F3N6. The minimum atomic E-state index is -4.78. The molecule has 5 heterocycles. The van der Waals surface area contributed by atoms with Crippen LogP contribution in [0, 0.1) is 11.3 Å². The van der Waals surface area contributed by atoms with E-state index in [1.165, 1.54) is 12.1 Å². The highest BCUT2D eigenvalue weighted by Crippen LogP contribution is 2.47. The summed E-state index contributed by atoms with van der Waals surface area (Å²) in [6.07, 6.45) is -4.78. The van der Waals surface area contributed by atoms with Gasteiger partial charge in [0, 0.05) is 60.5 Å². The topological polar surface area (TPSA) is 72.3 Å². The Labute approximate surface area is 528 Å². The van der Waals surface area contributed by atoms with Crippen LogP contribution in [0.4, 0.5) is 13.2 Å². The van der Waals surface area contributed by atoms with Gasteiger partial charge in [-0.2, -0.15) is 18.4 Å². The molecule has 16 aromatic rings. The van der Waals surface area contributed by atoms with Crippen molar-refractivity contribution in [3.05, 3.63) is 321 Å². The van der Waals surface area contributed by atoms with E-state index >= 15 is 13.2 Å². The third kappa shape index (κ3) is 9.93. The van der Waals surface area contributed by atoms with Crippen molar-refractivity contribution in [2.75, 3.05) is 0 Å². The highest BCUT2D eigenvalue weighted by atomic mass is 19.4. The number of rotatable bonds is 11. The standard InChI is InChI=1S/C83H51F3N6/c84-83(85,86)70-30-14-13-29-64(70)69-51-77(91-79-47-60(74-34-16-31-71(88-74)54-21-7-2-8-22-54)38-42-66(79)67-43-39-61(48-80(67)91)75-35-17-32-72(89-75)55-23-9-3-10-24-55)63(52-87)50-82(69)92-78-46-59(58-28-15-27-57(45-58)53-19-5-1-6-20-53)37-41-65(78)68-44-40-62(49-81(68)92)76-36-18-33-73(90-76)56-25-11-4-12-26-56/h1-51H. The Morgan fingerprint density at radius 2 is 0.598 bits per heavy atom. The molecule has 0 aliphatic carbocycles. The maximum atomic E-state index is 16.0. The summed E-state index contributed by atoms with van der Waals surface area (Å²) < 4.78 is 52.2. The second kappa shape index (κ2) is 22.7. The molecule has 0 amide bonds. The molecule has 11 aromatic carbocycles. The molecule has 0 spiro atoms. The van der Waals surface area contributed by atoms with Crippen molar-refractivity contribution in [3.8, 4) is 118 Å². The molecule has 9 heteroatoms. The normalized spacial score (nSPS) is 11.6. The molecule has 0 N–H and O–H groups in total. The molecule has 434 valence electrons. The molecule has 0 aliphatic heterocycles. The predicted molar refractivity (Wildman–Crippen MR) is 367 cm³/mol. The molecule has 92 heavy (non-hydrogen) atoms. The smallest absolute Gasteiger partial charge is 0.309 e. The molecule has 16 rings (SSSR count). The molecule has 0 saturated heterocycles. The van der Waals surface area contributed by atoms with Gasteiger partial charge in [0.05, 0.1) is 78.7 Å².